The third-order valence-electron chi connectivity index (χ3n) is 4.85. The van der Waals surface area contributed by atoms with Gasteiger partial charge in [0.25, 0.3) is 0 Å². The molecule has 1 aromatic carbocycles. The highest BCUT2D eigenvalue weighted by Crippen LogP contribution is 2.31. The lowest BCUT2D eigenvalue weighted by atomic mass is 10.2. The smallest absolute Gasteiger partial charge is 0.424 e. The van der Waals surface area contributed by atoms with Crippen LogP contribution in [0, 0.1) is 11.6 Å². The fourth-order valence-electron chi connectivity index (χ4n) is 3.42. The summed E-state index contributed by atoms with van der Waals surface area (Å²) >= 11 is 0. The van der Waals surface area contributed by atoms with Gasteiger partial charge in [-0.2, -0.15) is 0 Å². The maximum Gasteiger partial charge on any atom is 0.424 e. The molecule has 0 aromatic heterocycles. The molecule has 0 spiro atoms. The van der Waals surface area contributed by atoms with E-state index in [2.05, 4.69) is 10.7 Å². The van der Waals surface area contributed by atoms with Gasteiger partial charge in [0.05, 0.1) is 31.9 Å². The van der Waals surface area contributed by atoms with Crippen molar-refractivity contribution in [2.45, 2.75) is 27.4 Å². The Morgan fingerprint density at radius 1 is 1.25 bits per heavy atom. The summed E-state index contributed by atoms with van der Waals surface area (Å²) in [5.74, 6) is -1.94. The van der Waals surface area contributed by atoms with E-state index in [0.717, 1.165) is 17.0 Å². The number of hydrogen-bond donors (Lipinski definition) is 2. The third kappa shape index (κ3) is 5.75. The summed E-state index contributed by atoms with van der Waals surface area (Å²) < 4.78 is 39.9. The Balaban J connectivity index is 0.00000363. The highest BCUT2D eigenvalue weighted by Gasteiger charge is 2.34. The van der Waals surface area contributed by atoms with Crippen molar-refractivity contribution in [3.05, 3.63) is 23.8 Å². The molecule has 10 nitrogen and oxygen atoms in total. The Kier molecular flexibility index (Phi) is 8.58. The molecule has 1 aromatic rings. The summed E-state index contributed by atoms with van der Waals surface area (Å²) in [6.45, 7) is 4.30. The van der Waals surface area contributed by atoms with Crippen LogP contribution in [0.5, 0.6) is 0 Å². The van der Waals surface area contributed by atoms with Gasteiger partial charge in [-0.05, 0) is 6.92 Å². The maximum atomic E-state index is 14.9. The van der Waals surface area contributed by atoms with Crippen LogP contribution in [0.1, 0.15) is 21.3 Å². The Morgan fingerprint density at radius 3 is 2.56 bits per heavy atom. The number of anilines is 2. The molecule has 2 heterocycles. The van der Waals surface area contributed by atoms with Crippen molar-refractivity contribution in [3.63, 3.8) is 0 Å². The molecule has 2 N–H and O–H groups in total. The van der Waals surface area contributed by atoms with Crippen molar-refractivity contribution >= 4 is 29.5 Å². The molecule has 3 rings (SSSR count). The van der Waals surface area contributed by atoms with E-state index in [1.54, 1.807) is 6.92 Å². The molecule has 2 saturated heterocycles. The molecule has 3 amide bonds. The number of carbonyl (C=O) groups excluding carboxylic acids is 3. The van der Waals surface area contributed by atoms with E-state index in [0.29, 0.717) is 0 Å². The highest BCUT2D eigenvalue weighted by atomic mass is 19.1. The van der Waals surface area contributed by atoms with Crippen LogP contribution in [0.2, 0.25) is 0 Å². The number of carbonyl (C=O) groups is 3. The van der Waals surface area contributed by atoms with Crippen LogP contribution in [-0.4, -0.2) is 75.1 Å². The predicted molar refractivity (Wildman–Crippen MR) is 113 cm³/mol. The second-order valence-corrected chi connectivity index (χ2v) is 7.06. The van der Waals surface area contributed by atoms with E-state index in [1.807, 2.05) is 0 Å². The van der Waals surface area contributed by atoms with Gasteiger partial charge in [-0.25, -0.2) is 28.8 Å². The van der Waals surface area contributed by atoms with E-state index in [-0.39, 0.29) is 70.6 Å². The van der Waals surface area contributed by atoms with Gasteiger partial charge < -0.3 is 19.7 Å². The molecule has 0 radical (unpaired) electrons. The first-order chi connectivity index (χ1) is 14.8. The molecule has 0 aliphatic carbocycles. The zero-order chi connectivity index (χ0) is 22.5. The molecule has 12 heteroatoms. The Hall–Kier alpha value is -3.15. The molecule has 0 bridgehead atoms. The molecule has 2 aliphatic rings. The van der Waals surface area contributed by atoms with Crippen LogP contribution in [0.25, 0.3) is 0 Å². The van der Waals surface area contributed by atoms with E-state index < -0.39 is 29.9 Å². The molecule has 0 saturated carbocycles. The molecular formula is C20H29F2N5O5. The lowest BCUT2D eigenvalue weighted by molar-refractivity contribution is -0.119. The minimum absolute atomic E-state index is 0. The minimum Gasteiger partial charge on any atom is -0.449 e. The minimum atomic E-state index is -0.835. The number of nitrogens with zero attached hydrogens (tertiary/aromatic N) is 3. The van der Waals surface area contributed by atoms with Crippen molar-refractivity contribution in [1.29, 1.82) is 0 Å². The number of benzene rings is 1. The number of hydrazine groups is 1. The fraction of sp³-hybridized carbons (Fsp3) is 0.550. The monoisotopic (exact) mass is 457 g/mol. The lowest BCUT2D eigenvalue weighted by Crippen LogP contribution is -2.43. The number of amides is 3. The lowest BCUT2D eigenvalue weighted by Gasteiger charge is -2.25. The van der Waals surface area contributed by atoms with Crippen LogP contribution < -0.4 is 20.5 Å². The molecule has 0 unspecified atom stereocenters. The normalized spacial score (nSPS) is 18.6. The van der Waals surface area contributed by atoms with Gasteiger partial charge >= 0.3 is 12.2 Å². The van der Waals surface area contributed by atoms with Crippen molar-refractivity contribution < 1.29 is 32.6 Å². The van der Waals surface area contributed by atoms with Gasteiger partial charge in [0.1, 0.15) is 11.8 Å². The Morgan fingerprint density at radius 2 is 1.94 bits per heavy atom. The van der Waals surface area contributed by atoms with Gasteiger partial charge in [-0.15, -0.1) is 0 Å². The van der Waals surface area contributed by atoms with E-state index in [9.17, 15) is 23.2 Å². The average molecular weight is 457 g/mol. The first-order valence-electron chi connectivity index (χ1n) is 9.94. The van der Waals surface area contributed by atoms with Gasteiger partial charge in [-0.3, -0.25) is 9.69 Å². The van der Waals surface area contributed by atoms with Crippen LogP contribution in [0.4, 0.5) is 29.7 Å². The SMILES string of the molecule is C.CCOC(=O)N1CCN(c2c(F)cc(N3C[C@H](CNC(C)=O)OC3=O)cc2F)CCN1. The zero-order valence-corrected chi connectivity index (χ0v) is 17.3. The quantitative estimate of drug-likeness (QED) is 0.696. The van der Waals surface area contributed by atoms with Crippen LogP contribution in [0.15, 0.2) is 12.1 Å². The van der Waals surface area contributed by atoms with Crippen molar-refractivity contribution in [2.24, 2.45) is 0 Å². The molecule has 2 aliphatic heterocycles. The summed E-state index contributed by atoms with van der Waals surface area (Å²) in [5, 5.41) is 3.81. The van der Waals surface area contributed by atoms with Gasteiger partial charge in [0.15, 0.2) is 11.6 Å². The second-order valence-electron chi connectivity index (χ2n) is 7.06. The first kappa shape index (κ1) is 25.1. The largest absolute Gasteiger partial charge is 0.449 e. The molecule has 32 heavy (non-hydrogen) atoms. The number of cyclic esters (lactones) is 1. The number of hydrogen-bond acceptors (Lipinski definition) is 7. The van der Waals surface area contributed by atoms with Crippen LogP contribution in [-0.2, 0) is 14.3 Å². The zero-order valence-electron chi connectivity index (χ0n) is 17.3. The summed E-state index contributed by atoms with van der Waals surface area (Å²) in [6.07, 6.45) is -1.92. The second kappa shape index (κ2) is 10.9. The van der Waals surface area contributed by atoms with E-state index in [1.165, 1.54) is 16.8 Å². The molecule has 2 fully saturated rings. The standard InChI is InChI=1S/C19H25F2N5O5.CH4/c1-3-30-19(29)26-7-6-24(5-4-23-26)17-15(20)8-13(9-16(17)21)25-11-14(31-18(25)28)10-22-12(2)27;/h8-9,14,23H,3-7,10-11H2,1-2H3,(H,22,27);1H4/t14-;/m0./s1. The Bertz CT molecular complexity index is 833. The van der Waals surface area contributed by atoms with Gasteiger partial charge in [0.2, 0.25) is 5.91 Å². The number of nitrogens with one attached hydrogen (secondary N) is 2. The summed E-state index contributed by atoms with van der Waals surface area (Å²) in [4.78, 5) is 37.6. The molecule has 178 valence electrons. The summed E-state index contributed by atoms with van der Waals surface area (Å²) in [6, 6.07) is 2.14. The summed E-state index contributed by atoms with van der Waals surface area (Å²) in [7, 11) is 0. The fourth-order valence-corrected chi connectivity index (χ4v) is 3.42. The number of rotatable bonds is 5. The van der Waals surface area contributed by atoms with Gasteiger partial charge in [-0.1, -0.05) is 7.43 Å². The third-order valence-corrected chi connectivity index (χ3v) is 4.85. The average Bonchev–Trinajstić information content (AvgIpc) is 2.91. The topological polar surface area (TPSA) is 103 Å². The number of halogens is 2. The van der Waals surface area contributed by atoms with Crippen LogP contribution in [0.3, 0.4) is 0 Å². The first-order valence-corrected chi connectivity index (χ1v) is 9.94. The van der Waals surface area contributed by atoms with Crippen molar-refractivity contribution in [3.8, 4) is 0 Å². The Labute approximate surface area is 185 Å². The maximum absolute atomic E-state index is 14.9. The van der Waals surface area contributed by atoms with Crippen molar-refractivity contribution in [2.75, 3.05) is 55.7 Å². The van der Waals surface area contributed by atoms with E-state index >= 15 is 0 Å². The number of ether oxygens (including phenoxy) is 2. The summed E-state index contributed by atoms with van der Waals surface area (Å²) in [5.41, 5.74) is 2.65. The molecule has 1 atom stereocenters. The van der Waals surface area contributed by atoms with E-state index in [4.69, 9.17) is 9.47 Å². The van der Waals surface area contributed by atoms with Crippen LogP contribution >= 0.6 is 0 Å². The van der Waals surface area contributed by atoms with Crippen molar-refractivity contribution in [1.82, 2.24) is 15.8 Å². The molecular weight excluding hydrogens is 428 g/mol. The van der Waals surface area contributed by atoms with Gasteiger partial charge in [0, 0.05) is 38.7 Å². The highest BCUT2D eigenvalue weighted by molar-refractivity contribution is 5.90. The predicted octanol–water partition coefficient (Wildman–Crippen LogP) is 1.85.